The van der Waals surface area contributed by atoms with Crippen LogP contribution in [0.1, 0.15) is 29.9 Å². The quantitative estimate of drug-likeness (QED) is 0.808. The fourth-order valence-electron chi connectivity index (χ4n) is 2.74. The van der Waals surface area contributed by atoms with Crippen LogP contribution in [0, 0.1) is 12.7 Å². The van der Waals surface area contributed by atoms with E-state index in [1.165, 1.54) is 17.3 Å². The first-order valence-corrected chi connectivity index (χ1v) is 7.69. The molecule has 0 amide bonds. The molecule has 1 aliphatic carbocycles. The predicted molar refractivity (Wildman–Crippen MR) is 84.7 cm³/mol. The van der Waals surface area contributed by atoms with E-state index in [9.17, 15) is 4.39 Å². The van der Waals surface area contributed by atoms with Gasteiger partial charge in [-0.15, -0.1) is 0 Å². The Hall–Kier alpha value is -1.35. The number of hydrogen-bond donors (Lipinski definition) is 1. The molecule has 2 aromatic rings. The highest BCUT2D eigenvalue weighted by molar-refractivity contribution is 9.10. The van der Waals surface area contributed by atoms with Crippen LogP contribution in [-0.4, -0.2) is 6.04 Å². The van der Waals surface area contributed by atoms with Crippen molar-refractivity contribution in [1.29, 1.82) is 0 Å². The van der Waals surface area contributed by atoms with Crippen LogP contribution in [0.3, 0.4) is 0 Å². The van der Waals surface area contributed by atoms with E-state index in [1.807, 2.05) is 6.07 Å². The Morgan fingerprint density at radius 3 is 2.70 bits per heavy atom. The number of aryl methyl sites for hydroxylation is 1. The van der Waals surface area contributed by atoms with Gasteiger partial charge in [0.25, 0.3) is 0 Å². The highest BCUT2D eigenvalue weighted by atomic mass is 79.9. The molecule has 0 radical (unpaired) electrons. The average Bonchev–Trinajstić information content (AvgIpc) is 2.37. The van der Waals surface area contributed by atoms with E-state index >= 15 is 0 Å². The smallest absolute Gasteiger partial charge is 0.123 e. The lowest BCUT2D eigenvalue weighted by molar-refractivity contribution is 0.373. The molecule has 0 aliphatic heterocycles. The molecule has 0 unspecified atom stereocenters. The summed E-state index contributed by atoms with van der Waals surface area (Å²) in [6.45, 7) is 2.11. The Morgan fingerprint density at radius 1 is 1.15 bits per heavy atom. The summed E-state index contributed by atoms with van der Waals surface area (Å²) in [5.41, 5.74) is 3.55. The number of rotatable bonds is 3. The normalized spacial score (nSPS) is 21.4. The van der Waals surface area contributed by atoms with Gasteiger partial charge in [-0.3, -0.25) is 0 Å². The molecule has 0 aromatic heterocycles. The van der Waals surface area contributed by atoms with Crippen LogP contribution in [0.5, 0.6) is 0 Å². The van der Waals surface area contributed by atoms with Crippen molar-refractivity contribution in [3.8, 4) is 0 Å². The van der Waals surface area contributed by atoms with Crippen molar-refractivity contribution in [2.45, 2.75) is 31.7 Å². The Balaban J connectivity index is 1.62. The van der Waals surface area contributed by atoms with Gasteiger partial charge in [-0.05, 0) is 61.1 Å². The van der Waals surface area contributed by atoms with E-state index < -0.39 is 0 Å². The van der Waals surface area contributed by atoms with Gasteiger partial charge in [-0.2, -0.15) is 0 Å². The first-order valence-electron chi connectivity index (χ1n) is 6.90. The zero-order valence-corrected chi connectivity index (χ0v) is 13.0. The zero-order chi connectivity index (χ0) is 14.1. The molecule has 0 spiro atoms. The van der Waals surface area contributed by atoms with Crippen molar-refractivity contribution in [3.05, 3.63) is 63.9 Å². The van der Waals surface area contributed by atoms with Crippen molar-refractivity contribution in [2.24, 2.45) is 0 Å². The van der Waals surface area contributed by atoms with E-state index in [2.05, 4.69) is 46.4 Å². The minimum absolute atomic E-state index is 0.137. The zero-order valence-electron chi connectivity index (χ0n) is 11.4. The van der Waals surface area contributed by atoms with Crippen molar-refractivity contribution >= 4 is 21.6 Å². The highest BCUT2D eigenvalue weighted by Gasteiger charge is 2.30. The number of anilines is 1. The maximum absolute atomic E-state index is 13.2. The maximum atomic E-state index is 13.2. The molecule has 0 saturated heterocycles. The van der Waals surface area contributed by atoms with Crippen LogP contribution in [0.25, 0.3) is 0 Å². The molecule has 0 atom stereocenters. The fraction of sp³-hybridized carbons (Fsp3) is 0.294. The maximum Gasteiger partial charge on any atom is 0.123 e. The summed E-state index contributed by atoms with van der Waals surface area (Å²) in [6, 6.07) is 13.7. The van der Waals surface area contributed by atoms with E-state index in [0.717, 1.165) is 22.9 Å². The molecule has 1 N–H and O–H groups in total. The Bertz CT molecular complexity index is 620. The Kier molecular flexibility index (Phi) is 3.79. The van der Waals surface area contributed by atoms with Crippen molar-refractivity contribution in [1.82, 2.24) is 0 Å². The van der Waals surface area contributed by atoms with Gasteiger partial charge in [0, 0.05) is 16.2 Å². The van der Waals surface area contributed by atoms with Crippen molar-refractivity contribution in [2.75, 3.05) is 5.32 Å². The third-order valence-corrected chi connectivity index (χ3v) is 4.51. The van der Waals surface area contributed by atoms with Gasteiger partial charge in [0.15, 0.2) is 0 Å². The number of benzene rings is 2. The summed E-state index contributed by atoms with van der Waals surface area (Å²) in [5.74, 6) is 0.345. The number of halogens is 2. The summed E-state index contributed by atoms with van der Waals surface area (Å²) in [6.07, 6.45) is 2.13. The summed E-state index contributed by atoms with van der Waals surface area (Å²) < 4.78 is 14.3. The van der Waals surface area contributed by atoms with Crippen LogP contribution < -0.4 is 5.32 Å². The van der Waals surface area contributed by atoms with Gasteiger partial charge in [-0.25, -0.2) is 4.39 Å². The predicted octanol–water partition coefficient (Wildman–Crippen LogP) is 5.25. The van der Waals surface area contributed by atoms with Gasteiger partial charge < -0.3 is 5.32 Å². The summed E-state index contributed by atoms with van der Waals surface area (Å²) in [5, 5.41) is 3.58. The standard InChI is InChI=1S/C17H17BrFN/c1-11-5-6-14(18)10-17(11)20-16-8-13(9-16)12-3-2-4-15(19)7-12/h2-7,10,13,16,20H,8-9H2,1H3. The molecule has 1 nitrogen and oxygen atoms in total. The number of nitrogens with one attached hydrogen (secondary N) is 1. The second-order valence-corrected chi connectivity index (χ2v) is 6.44. The lowest BCUT2D eigenvalue weighted by Crippen LogP contribution is -2.34. The molecule has 3 rings (SSSR count). The largest absolute Gasteiger partial charge is 0.382 e. The molecule has 3 heteroatoms. The SMILES string of the molecule is Cc1ccc(Br)cc1NC1CC(c2cccc(F)c2)C1. The second-order valence-electron chi connectivity index (χ2n) is 5.52. The molecule has 2 aromatic carbocycles. The lowest BCUT2D eigenvalue weighted by atomic mass is 9.75. The average molecular weight is 334 g/mol. The minimum atomic E-state index is -0.137. The van der Waals surface area contributed by atoms with Crippen LogP contribution in [0.15, 0.2) is 46.9 Å². The Morgan fingerprint density at radius 2 is 1.95 bits per heavy atom. The third-order valence-electron chi connectivity index (χ3n) is 4.02. The fourth-order valence-corrected chi connectivity index (χ4v) is 3.10. The van der Waals surface area contributed by atoms with Gasteiger partial charge in [-0.1, -0.05) is 34.1 Å². The molecular weight excluding hydrogens is 317 g/mol. The van der Waals surface area contributed by atoms with E-state index in [1.54, 1.807) is 12.1 Å². The monoisotopic (exact) mass is 333 g/mol. The van der Waals surface area contributed by atoms with Gasteiger partial charge in [0.2, 0.25) is 0 Å². The molecule has 0 heterocycles. The molecule has 0 bridgehead atoms. The highest BCUT2D eigenvalue weighted by Crippen LogP contribution is 2.39. The Labute approximate surface area is 127 Å². The lowest BCUT2D eigenvalue weighted by Gasteiger charge is -2.37. The molecule has 1 aliphatic rings. The van der Waals surface area contributed by atoms with Crippen LogP contribution >= 0.6 is 15.9 Å². The third kappa shape index (κ3) is 2.88. The van der Waals surface area contributed by atoms with E-state index in [0.29, 0.717) is 12.0 Å². The topological polar surface area (TPSA) is 12.0 Å². The first-order chi connectivity index (χ1) is 9.61. The molecule has 1 fully saturated rings. The molecule has 20 heavy (non-hydrogen) atoms. The van der Waals surface area contributed by atoms with Gasteiger partial charge in [0.05, 0.1) is 0 Å². The summed E-state index contributed by atoms with van der Waals surface area (Å²) in [4.78, 5) is 0. The van der Waals surface area contributed by atoms with Gasteiger partial charge in [0.1, 0.15) is 5.82 Å². The number of hydrogen-bond acceptors (Lipinski definition) is 1. The minimum Gasteiger partial charge on any atom is -0.382 e. The summed E-state index contributed by atoms with van der Waals surface area (Å²) in [7, 11) is 0. The second kappa shape index (κ2) is 5.57. The van der Waals surface area contributed by atoms with Crippen LogP contribution in [0.2, 0.25) is 0 Å². The van der Waals surface area contributed by atoms with E-state index in [4.69, 9.17) is 0 Å². The molecular formula is C17H17BrFN. The first kappa shape index (κ1) is 13.6. The van der Waals surface area contributed by atoms with Gasteiger partial charge >= 0.3 is 0 Å². The van der Waals surface area contributed by atoms with E-state index in [-0.39, 0.29) is 5.82 Å². The molecule has 104 valence electrons. The van der Waals surface area contributed by atoms with Crippen LogP contribution in [0.4, 0.5) is 10.1 Å². The molecule has 1 saturated carbocycles. The van der Waals surface area contributed by atoms with Crippen molar-refractivity contribution < 1.29 is 4.39 Å². The van der Waals surface area contributed by atoms with Crippen LogP contribution in [-0.2, 0) is 0 Å². The summed E-state index contributed by atoms with van der Waals surface area (Å²) >= 11 is 3.50. The van der Waals surface area contributed by atoms with Crippen molar-refractivity contribution in [3.63, 3.8) is 0 Å².